The molecular formula is C11H15ClIN3O3. The van der Waals surface area contributed by atoms with Crippen LogP contribution >= 0.6 is 35.0 Å². The number of rotatable bonds is 5. The van der Waals surface area contributed by atoms with Crippen molar-refractivity contribution in [1.29, 1.82) is 0 Å². The summed E-state index contributed by atoms with van der Waals surface area (Å²) in [6.07, 6.45) is 0.690. The van der Waals surface area contributed by atoms with E-state index in [-0.39, 0.29) is 30.0 Å². The average Bonchev–Trinajstić information content (AvgIpc) is 2.27. The third kappa shape index (κ3) is 5.70. The lowest BCUT2D eigenvalue weighted by Gasteiger charge is -2.08. The summed E-state index contributed by atoms with van der Waals surface area (Å²) >= 11 is 1.91. The van der Waals surface area contributed by atoms with Crippen LogP contribution in [-0.4, -0.2) is 23.4 Å². The first-order chi connectivity index (χ1) is 8.41. The Kier molecular flexibility index (Phi) is 7.88. The van der Waals surface area contributed by atoms with Crippen LogP contribution in [-0.2, 0) is 0 Å². The van der Waals surface area contributed by atoms with E-state index in [1.807, 2.05) is 29.5 Å². The number of nitro groups is 1. The van der Waals surface area contributed by atoms with Gasteiger partial charge in [-0.05, 0) is 42.0 Å². The van der Waals surface area contributed by atoms with Crippen molar-refractivity contribution in [2.24, 2.45) is 5.73 Å². The topological polar surface area (TPSA) is 98.3 Å². The van der Waals surface area contributed by atoms with Crippen LogP contribution in [0.4, 0.5) is 5.69 Å². The molecule has 0 saturated heterocycles. The van der Waals surface area contributed by atoms with Gasteiger partial charge in [-0.15, -0.1) is 12.4 Å². The molecule has 8 heteroatoms. The van der Waals surface area contributed by atoms with Crippen LogP contribution in [0.5, 0.6) is 0 Å². The molecule has 0 spiro atoms. The molecule has 1 unspecified atom stereocenters. The van der Waals surface area contributed by atoms with Gasteiger partial charge >= 0.3 is 0 Å². The molecular weight excluding hydrogens is 384 g/mol. The number of nitrogens with two attached hydrogens (primary N) is 1. The zero-order chi connectivity index (χ0) is 13.7. The summed E-state index contributed by atoms with van der Waals surface area (Å²) in [4.78, 5) is 21.9. The summed E-state index contributed by atoms with van der Waals surface area (Å²) in [6, 6.07) is 4.19. The van der Waals surface area contributed by atoms with Gasteiger partial charge in [-0.1, -0.05) is 0 Å². The Balaban J connectivity index is 0.00000324. The van der Waals surface area contributed by atoms with Gasteiger partial charge in [0.25, 0.3) is 11.6 Å². The van der Waals surface area contributed by atoms with E-state index in [9.17, 15) is 14.9 Å². The van der Waals surface area contributed by atoms with Gasteiger partial charge in [-0.25, -0.2) is 0 Å². The van der Waals surface area contributed by atoms with Crippen molar-refractivity contribution in [3.8, 4) is 0 Å². The number of halogens is 2. The Morgan fingerprint density at radius 2 is 2.21 bits per heavy atom. The number of benzene rings is 1. The molecule has 1 amide bonds. The Morgan fingerprint density at radius 3 is 2.68 bits per heavy atom. The van der Waals surface area contributed by atoms with Crippen molar-refractivity contribution >= 4 is 46.6 Å². The predicted molar refractivity (Wildman–Crippen MR) is 83.7 cm³/mol. The Morgan fingerprint density at radius 1 is 1.58 bits per heavy atom. The number of nitrogens with one attached hydrogen (secondary N) is 1. The fourth-order valence-electron chi connectivity index (χ4n) is 1.31. The maximum atomic E-state index is 11.8. The van der Waals surface area contributed by atoms with Crippen molar-refractivity contribution in [2.45, 2.75) is 19.4 Å². The predicted octanol–water partition coefficient (Wildman–Crippen LogP) is 2.09. The number of amides is 1. The second-order valence-electron chi connectivity index (χ2n) is 3.94. The van der Waals surface area contributed by atoms with Crippen LogP contribution in [0.25, 0.3) is 0 Å². The Labute approximate surface area is 130 Å². The second-order valence-corrected chi connectivity index (χ2v) is 5.11. The van der Waals surface area contributed by atoms with E-state index in [0.29, 0.717) is 22.1 Å². The minimum absolute atomic E-state index is 0. The number of carbonyl (C=O) groups is 1. The molecule has 3 N–H and O–H groups in total. The maximum absolute atomic E-state index is 11.8. The molecule has 0 saturated carbocycles. The molecule has 0 bridgehead atoms. The molecule has 106 valence electrons. The lowest BCUT2D eigenvalue weighted by molar-refractivity contribution is -0.384. The first kappa shape index (κ1) is 18.1. The largest absolute Gasteiger partial charge is 0.352 e. The molecule has 1 aromatic rings. The zero-order valence-electron chi connectivity index (χ0n) is 10.3. The van der Waals surface area contributed by atoms with Crippen molar-refractivity contribution < 1.29 is 9.72 Å². The number of nitrogens with zero attached hydrogens (tertiary/aromatic N) is 1. The van der Waals surface area contributed by atoms with Gasteiger partial charge in [0.2, 0.25) is 0 Å². The summed E-state index contributed by atoms with van der Waals surface area (Å²) in [5.74, 6) is -0.241. The monoisotopic (exact) mass is 399 g/mol. The van der Waals surface area contributed by atoms with E-state index in [1.54, 1.807) is 0 Å². The SMILES string of the molecule is CC(N)CCNC(=O)c1ccc([N+](=O)[O-])cc1I.Cl. The highest BCUT2D eigenvalue weighted by Crippen LogP contribution is 2.19. The van der Waals surface area contributed by atoms with E-state index in [2.05, 4.69) is 5.32 Å². The van der Waals surface area contributed by atoms with Crippen LogP contribution in [0.3, 0.4) is 0 Å². The van der Waals surface area contributed by atoms with Crippen molar-refractivity contribution in [2.75, 3.05) is 6.54 Å². The van der Waals surface area contributed by atoms with E-state index >= 15 is 0 Å². The standard InChI is InChI=1S/C11H14IN3O3.ClH/c1-7(13)4-5-14-11(16)9-3-2-8(15(17)18)6-10(9)12;/h2-3,6-7H,4-5,13H2,1H3,(H,14,16);1H. The first-order valence-corrected chi connectivity index (χ1v) is 6.47. The van der Waals surface area contributed by atoms with E-state index in [0.717, 1.165) is 0 Å². The maximum Gasteiger partial charge on any atom is 0.270 e. The number of hydrogen-bond donors (Lipinski definition) is 2. The molecule has 6 nitrogen and oxygen atoms in total. The van der Waals surface area contributed by atoms with E-state index < -0.39 is 4.92 Å². The lowest BCUT2D eigenvalue weighted by atomic mass is 10.2. The minimum atomic E-state index is -0.486. The van der Waals surface area contributed by atoms with E-state index in [1.165, 1.54) is 18.2 Å². The first-order valence-electron chi connectivity index (χ1n) is 5.39. The van der Waals surface area contributed by atoms with Crippen molar-refractivity contribution in [3.63, 3.8) is 0 Å². The fraction of sp³-hybridized carbons (Fsp3) is 0.364. The fourth-order valence-corrected chi connectivity index (χ4v) is 2.05. The summed E-state index contributed by atoms with van der Waals surface area (Å²) in [6.45, 7) is 2.35. The smallest absolute Gasteiger partial charge is 0.270 e. The molecule has 1 atom stereocenters. The van der Waals surface area contributed by atoms with Gasteiger partial charge in [0.05, 0.1) is 10.5 Å². The van der Waals surface area contributed by atoms with Crippen LogP contribution in [0, 0.1) is 13.7 Å². The Hall–Kier alpha value is -0.930. The zero-order valence-corrected chi connectivity index (χ0v) is 13.2. The van der Waals surface area contributed by atoms with Crippen molar-refractivity contribution in [3.05, 3.63) is 37.4 Å². The highest BCUT2D eigenvalue weighted by molar-refractivity contribution is 14.1. The summed E-state index contributed by atoms with van der Waals surface area (Å²) < 4.78 is 0.556. The number of nitro benzene ring substituents is 1. The van der Waals surface area contributed by atoms with Crippen LogP contribution in [0.2, 0.25) is 0 Å². The van der Waals surface area contributed by atoms with Gasteiger partial charge in [-0.3, -0.25) is 14.9 Å². The summed E-state index contributed by atoms with van der Waals surface area (Å²) in [5.41, 5.74) is 5.99. The molecule has 0 heterocycles. The molecule has 1 rings (SSSR count). The highest BCUT2D eigenvalue weighted by atomic mass is 127. The van der Waals surface area contributed by atoms with Crippen molar-refractivity contribution in [1.82, 2.24) is 5.32 Å². The number of carbonyl (C=O) groups excluding carboxylic acids is 1. The minimum Gasteiger partial charge on any atom is -0.352 e. The molecule has 0 aromatic heterocycles. The highest BCUT2D eigenvalue weighted by Gasteiger charge is 2.14. The van der Waals surface area contributed by atoms with Gasteiger partial charge in [0.15, 0.2) is 0 Å². The molecule has 0 aliphatic rings. The van der Waals surface area contributed by atoms with Crippen LogP contribution < -0.4 is 11.1 Å². The lowest BCUT2D eigenvalue weighted by Crippen LogP contribution is -2.29. The van der Waals surface area contributed by atoms with Gasteiger partial charge in [0.1, 0.15) is 0 Å². The van der Waals surface area contributed by atoms with Crippen LogP contribution in [0.1, 0.15) is 23.7 Å². The summed E-state index contributed by atoms with van der Waals surface area (Å²) in [5, 5.41) is 13.3. The van der Waals surface area contributed by atoms with E-state index in [4.69, 9.17) is 5.73 Å². The average molecular weight is 400 g/mol. The van der Waals surface area contributed by atoms with Crippen LogP contribution in [0.15, 0.2) is 18.2 Å². The third-order valence-electron chi connectivity index (χ3n) is 2.29. The normalized spacial score (nSPS) is 11.3. The van der Waals surface area contributed by atoms with Gasteiger partial charge in [0, 0.05) is 28.3 Å². The second kappa shape index (κ2) is 8.28. The number of hydrogen-bond acceptors (Lipinski definition) is 4. The quantitative estimate of drug-likeness (QED) is 0.450. The van der Waals surface area contributed by atoms with Gasteiger partial charge < -0.3 is 11.1 Å². The third-order valence-corrected chi connectivity index (χ3v) is 3.19. The summed E-state index contributed by atoms with van der Waals surface area (Å²) in [7, 11) is 0. The molecule has 0 aliphatic heterocycles. The number of non-ortho nitro benzene ring substituents is 1. The van der Waals surface area contributed by atoms with Gasteiger partial charge in [-0.2, -0.15) is 0 Å². The molecule has 0 aliphatic carbocycles. The molecule has 0 fully saturated rings. The molecule has 1 aromatic carbocycles. The molecule has 0 radical (unpaired) electrons. The Bertz CT molecular complexity index is 468. The molecule has 19 heavy (non-hydrogen) atoms.